The van der Waals surface area contributed by atoms with E-state index in [0.717, 1.165) is 29.0 Å². The van der Waals surface area contributed by atoms with E-state index >= 15 is 0 Å². The van der Waals surface area contributed by atoms with Gasteiger partial charge in [-0.2, -0.15) is 0 Å². The molecule has 0 spiro atoms. The van der Waals surface area contributed by atoms with Crippen molar-refractivity contribution in [3.05, 3.63) is 59.4 Å². The van der Waals surface area contributed by atoms with Crippen molar-refractivity contribution in [1.82, 2.24) is 9.88 Å². The number of amides is 1. The molecule has 1 aliphatic rings. The molecule has 1 aromatic heterocycles. The van der Waals surface area contributed by atoms with Crippen molar-refractivity contribution >= 4 is 5.91 Å². The molecule has 0 aliphatic heterocycles. The Labute approximate surface area is 142 Å². The largest absolute Gasteiger partial charge is 0.496 e. The number of ether oxygens (including phenoxy) is 1. The number of hydrogen-bond acceptors (Lipinski definition) is 4. The predicted octanol–water partition coefficient (Wildman–Crippen LogP) is 2.24. The van der Waals surface area contributed by atoms with E-state index in [0.29, 0.717) is 19.5 Å². The molecular formula is C19H23N3O2. The van der Waals surface area contributed by atoms with Crippen LogP contribution in [0.3, 0.4) is 0 Å². The number of pyridine rings is 1. The fourth-order valence-electron chi connectivity index (χ4n) is 3.41. The van der Waals surface area contributed by atoms with Crippen LogP contribution in [0, 0.1) is 0 Å². The Morgan fingerprint density at radius 3 is 2.83 bits per heavy atom. The maximum Gasteiger partial charge on any atom is 0.247 e. The van der Waals surface area contributed by atoms with Crippen LogP contribution in [0.5, 0.6) is 5.75 Å². The Hall–Kier alpha value is -2.40. The van der Waals surface area contributed by atoms with Crippen molar-refractivity contribution < 1.29 is 9.53 Å². The summed E-state index contributed by atoms with van der Waals surface area (Å²) in [5, 5.41) is 0. The van der Waals surface area contributed by atoms with E-state index in [1.165, 1.54) is 0 Å². The first kappa shape index (κ1) is 16.5. The monoisotopic (exact) mass is 325 g/mol. The maximum atomic E-state index is 13.2. The number of nitrogens with zero attached hydrogens (tertiary/aromatic N) is 2. The Kier molecular flexibility index (Phi) is 4.53. The third kappa shape index (κ3) is 2.76. The van der Waals surface area contributed by atoms with Crippen LogP contribution < -0.4 is 10.5 Å². The minimum absolute atomic E-state index is 0.0531. The number of carbonyl (C=O) groups excluding carboxylic acids is 1. The lowest BCUT2D eigenvalue weighted by atomic mass is 9.91. The summed E-state index contributed by atoms with van der Waals surface area (Å²) in [5.41, 5.74) is 8.40. The average molecular weight is 325 g/mol. The summed E-state index contributed by atoms with van der Waals surface area (Å²) in [6.07, 6.45) is 3.09. The molecule has 0 radical (unpaired) electrons. The number of methoxy groups -OCH3 is 1. The van der Waals surface area contributed by atoms with Crippen molar-refractivity contribution in [2.45, 2.75) is 31.8 Å². The van der Waals surface area contributed by atoms with E-state index in [4.69, 9.17) is 10.5 Å². The van der Waals surface area contributed by atoms with E-state index in [9.17, 15) is 4.79 Å². The molecule has 1 unspecified atom stereocenters. The Bertz CT molecular complexity index is 733. The lowest BCUT2D eigenvalue weighted by Crippen LogP contribution is -2.51. The van der Waals surface area contributed by atoms with Gasteiger partial charge >= 0.3 is 0 Å². The number of hydrogen-bond donors (Lipinski definition) is 1. The van der Waals surface area contributed by atoms with Gasteiger partial charge in [-0.1, -0.05) is 18.2 Å². The van der Waals surface area contributed by atoms with Crippen molar-refractivity contribution in [3.63, 3.8) is 0 Å². The summed E-state index contributed by atoms with van der Waals surface area (Å²) < 4.78 is 5.42. The van der Waals surface area contributed by atoms with Gasteiger partial charge in [0, 0.05) is 12.7 Å². The average Bonchev–Trinajstić information content (AvgIpc) is 2.98. The molecule has 0 bridgehead atoms. The fourth-order valence-corrected chi connectivity index (χ4v) is 3.41. The van der Waals surface area contributed by atoms with E-state index in [2.05, 4.69) is 4.98 Å². The van der Waals surface area contributed by atoms with Crippen LogP contribution in [-0.4, -0.2) is 29.4 Å². The van der Waals surface area contributed by atoms with Gasteiger partial charge in [-0.3, -0.25) is 9.78 Å². The number of rotatable bonds is 5. The van der Waals surface area contributed by atoms with Crippen LogP contribution in [0.4, 0.5) is 0 Å². The molecule has 0 fully saturated rings. The first-order valence-electron chi connectivity index (χ1n) is 8.24. The van der Waals surface area contributed by atoms with Crippen molar-refractivity contribution in [1.29, 1.82) is 0 Å². The molecule has 2 N–H and O–H groups in total. The minimum atomic E-state index is -0.991. The minimum Gasteiger partial charge on any atom is -0.496 e. The lowest BCUT2D eigenvalue weighted by Gasteiger charge is -2.31. The standard InChI is InChI=1S/C19H23N3O2/c1-3-22(13-14-7-4-5-12-21-14)18(23)19(20)11-10-15-16(19)8-6-9-17(15)24-2/h4-9,12H,3,10-11,13,20H2,1-2H3. The van der Waals surface area contributed by atoms with E-state index < -0.39 is 5.54 Å². The number of likely N-dealkylation sites (N-methyl/N-ethyl adjacent to an activating group) is 1. The second-order valence-corrected chi connectivity index (χ2v) is 6.10. The number of aromatic nitrogens is 1. The molecule has 0 saturated carbocycles. The smallest absolute Gasteiger partial charge is 0.247 e. The van der Waals surface area contributed by atoms with Gasteiger partial charge in [0.1, 0.15) is 11.3 Å². The third-order valence-corrected chi connectivity index (χ3v) is 4.73. The van der Waals surface area contributed by atoms with Crippen molar-refractivity contribution in [2.24, 2.45) is 5.73 Å². The van der Waals surface area contributed by atoms with Crippen LogP contribution in [0.15, 0.2) is 42.6 Å². The lowest BCUT2D eigenvalue weighted by molar-refractivity contribution is -0.137. The molecular weight excluding hydrogens is 302 g/mol. The summed E-state index contributed by atoms with van der Waals surface area (Å²) in [5.74, 6) is 0.753. The quantitative estimate of drug-likeness (QED) is 0.915. The van der Waals surface area contributed by atoms with Gasteiger partial charge in [0.15, 0.2) is 0 Å². The molecule has 2 aromatic rings. The molecule has 5 heteroatoms. The van der Waals surface area contributed by atoms with E-state index in [1.54, 1.807) is 18.2 Å². The molecule has 0 saturated heterocycles. The van der Waals surface area contributed by atoms with Crippen LogP contribution in [0.25, 0.3) is 0 Å². The van der Waals surface area contributed by atoms with Crippen LogP contribution in [0.1, 0.15) is 30.2 Å². The summed E-state index contributed by atoms with van der Waals surface area (Å²) in [4.78, 5) is 19.3. The highest BCUT2D eigenvalue weighted by Gasteiger charge is 2.44. The van der Waals surface area contributed by atoms with Gasteiger partial charge in [0.25, 0.3) is 0 Å². The zero-order valence-electron chi connectivity index (χ0n) is 14.2. The molecule has 5 nitrogen and oxygen atoms in total. The van der Waals surface area contributed by atoms with Gasteiger partial charge < -0.3 is 15.4 Å². The zero-order chi connectivity index (χ0) is 17.2. The molecule has 126 valence electrons. The zero-order valence-corrected chi connectivity index (χ0v) is 14.2. The van der Waals surface area contributed by atoms with Crippen LogP contribution >= 0.6 is 0 Å². The highest BCUT2D eigenvalue weighted by atomic mass is 16.5. The highest BCUT2D eigenvalue weighted by Crippen LogP contribution is 2.40. The topological polar surface area (TPSA) is 68.5 Å². The highest BCUT2D eigenvalue weighted by molar-refractivity contribution is 5.89. The SMILES string of the molecule is CCN(Cc1ccccn1)C(=O)C1(N)CCc2c(OC)cccc21. The van der Waals surface area contributed by atoms with Crippen LogP contribution in [-0.2, 0) is 23.3 Å². The van der Waals surface area contributed by atoms with Gasteiger partial charge in [-0.15, -0.1) is 0 Å². The summed E-state index contributed by atoms with van der Waals surface area (Å²) in [6.45, 7) is 3.02. The molecule has 3 rings (SSSR count). The molecule has 1 aliphatic carbocycles. The first-order chi connectivity index (χ1) is 11.6. The van der Waals surface area contributed by atoms with Crippen LogP contribution in [0.2, 0.25) is 0 Å². The van der Waals surface area contributed by atoms with Crippen molar-refractivity contribution in [3.8, 4) is 5.75 Å². The second-order valence-electron chi connectivity index (χ2n) is 6.10. The molecule has 24 heavy (non-hydrogen) atoms. The molecule has 1 aromatic carbocycles. The van der Waals surface area contributed by atoms with E-state index in [-0.39, 0.29) is 5.91 Å². The maximum absolute atomic E-state index is 13.2. The van der Waals surface area contributed by atoms with E-state index in [1.807, 2.05) is 43.3 Å². The normalized spacial score (nSPS) is 19.0. The van der Waals surface area contributed by atoms with Gasteiger partial charge in [0.2, 0.25) is 5.91 Å². The van der Waals surface area contributed by atoms with Gasteiger partial charge in [-0.25, -0.2) is 0 Å². The summed E-state index contributed by atoms with van der Waals surface area (Å²) in [6, 6.07) is 11.5. The summed E-state index contributed by atoms with van der Waals surface area (Å²) in [7, 11) is 1.65. The molecule has 1 heterocycles. The first-order valence-corrected chi connectivity index (χ1v) is 8.24. The second kappa shape index (κ2) is 6.61. The predicted molar refractivity (Wildman–Crippen MR) is 92.5 cm³/mol. The third-order valence-electron chi connectivity index (χ3n) is 4.73. The fraction of sp³-hybridized carbons (Fsp3) is 0.368. The Morgan fingerprint density at radius 2 is 2.17 bits per heavy atom. The number of fused-ring (bicyclic) bond motifs is 1. The number of carbonyl (C=O) groups is 1. The Morgan fingerprint density at radius 1 is 1.33 bits per heavy atom. The Balaban J connectivity index is 1.90. The van der Waals surface area contributed by atoms with Gasteiger partial charge in [0.05, 0.1) is 19.3 Å². The van der Waals surface area contributed by atoms with Gasteiger partial charge in [-0.05, 0) is 49.1 Å². The summed E-state index contributed by atoms with van der Waals surface area (Å²) >= 11 is 0. The molecule has 1 atom stereocenters. The van der Waals surface area contributed by atoms with Crippen molar-refractivity contribution in [2.75, 3.05) is 13.7 Å². The molecule has 1 amide bonds. The number of benzene rings is 1. The number of nitrogens with two attached hydrogens (primary N) is 1.